The molecular formula is C9H13BrClN3. The van der Waals surface area contributed by atoms with E-state index in [1.165, 1.54) is 0 Å². The largest absolute Gasteiger partial charge is 0.369 e. The van der Waals surface area contributed by atoms with Crippen LogP contribution in [0.2, 0.25) is 5.02 Å². The van der Waals surface area contributed by atoms with Gasteiger partial charge in [0.2, 0.25) is 0 Å². The van der Waals surface area contributed by atoms with E-state index >= 15 is 0 Å². The van der Waals surface area contributed by atoms with Gasteiger partial charge in [-0.25, -0.2) is 4.98 Å². The van der Waals surface area contributed by atoms with Crippen molar-refractivity contribution >= 4 is 33.3 Å². The number of nitrogens with zero attached hydrogens (tertiary/aromatic N) is 1. The highest BCUT2D eigenvalue weighted by atomic mass is 79.9. The molecule has 14 heavy (non-hydrogen) atoms. The maximum absolute atomic E-state index is 5.77. The van der Waals surface area contributed by atoms with Crippen molar-refractivity contribution in [3.63, 3.8) is 0 Å². The summed E-state index contributed by atoms with van der Waals surface area (Å²) in [5.74, 6) is 1.23. The van der Waals surface area contributed by atoms with Crippen molar-refractivity contribution in [1.82, 2.24) is 4.98 Å². The first kappa shape index (κ1) is 11.8. The summed E-state index contributed by atoms with van der Waals surface area (Å²) in [6, 6.07) is 1.81. The third kappa shape index (κ3) is 3.44. The smallest absolute Gasteiger partial charge is 0.140 e. The monoisotopic (exact) mass is 277 g/mol. The molecule has 0 saturated carbocycles. The van der Waals surface area contributed by atoms with E-state index < -0.39 is 0 Å². The SMILES string of the molecule is CC(CN)CNc1ncc(Cl)cc1Br. The Kier molecular flexibility index (Phi) is 4.65. The molecule has 0 saturated heterocycles. The second-order valence-electron chi connectivity index (χ2n) is 3.21. The number of rotatable bonds is 4. The van der Waals surface area contributed by atoms with E-state index in [-0.39, 0.29) is 0 Å². The first-order chi connectivity index (χ1) is 6.63. The molecule has 1 aromatic rings. The van der Waals surface area contributed by atoms with Crippen LogP contribution in [0.25, 0.3) is 0 Å². The van der Waals surface area contributed by atoms with Gasteiger partial charge in [-0.05, 0) is 34.5 Å². The average Bonchev–Trinajstić information content (AvgIpc) is 2.16. The molecule has 0 spiro atoms. The summed E-state index contributed by atoms with van der Waals surface area (Å²) < 4.78 is 0.870. The number of nitrogens with one attached hydrogen (secondary N) is 1. The predicted octanol–water partition coefficient (Wildman–Crippen LogP) is 2.50. The van der Waals surface area contributed by atoms with Gasteiger partial charge >= 0.3 is 0 Å². The molecule has 78 valence electrons. The Morgan fingerprint density at radius 3 is 3.00 bits per heavy atom. The van der Waals surface area contributed by atoms with Crippen molar-refractivity contribution in [1.29, 1.82) is 0 Å². The lowest BCUT2D eigenvalue weighted by atomic mass is 10.2. The van der Waals surface area contributed by atoms with Crippen molar-refractivity contribution in [2.24, 2.45) is 11.7 Å². The Labute approximate surface area is 97.2 Å². The van der Waals surface area contributed by atoms with Crippen LogP contribution in [0.1, 0.15) is 6.92 Å². The van der Waals surface area contributed by atoms with E-state index in [9.17, 15) is 0 Å². The molecule has 0 aliphatic carbocycles. The van der Waals surface area contributed by atoms with E-state index in [4.69, 9.17) is 17.3 Å². The van der Waals surface area contributed by atoms with Crippen LogP contribution in [-0.4, -0.2) is 18.1 Å². The summed E-state index contributed by atoms with van der Waals surface area (Å²) in [6.45, 7) is 3.55. The van der Waals surface area contributed by atoms with Crippen LogP contribution in [0.15, 0.2) is 16.7 Å². The molecule has 3 nitrogen and oxygen atoms in total. The highest BCUT2D eigenvalue weighted by molar-refractivity contribution is 9.10. The summed E-state index contributed by atoms with van der Waals surface area (Å²) >= 11 is 9.15. The summed E-state index contributed by atoms with van der Waals surface area (Å²) in [7, 11) is 0. The summed E-state index contributed by atoms with van der Waals surface area (Å²) in [6.07, 6.45) is 1.61. The van der Waals surface area contributed by atoms with E-state index in [1.807, 2.05) is 6.07 Å². The maximum Gasteiger partial charge on any atom is 0.140 e. The molecule has 1 aromatic heterocycles. The number of nitrogens with two attached hydrogens (primary N) is 1. The van der Waals surface area contributed by atoms with Crippen LogP contribution >= 0.6 is 27.5 Å². The minimum atomic E-state index is 0.430. The fourth-order valence-corrected chi connectivity index (χ4v) is 1.68. The molecule has 1 heterocycles. The minimum Gasteiger partial charge on any atom is -0.369 e. The van der Waals surface area contributed by atoms with E-state index in [0.29, 0.717) is 17.5 Å². The number of aromatic nitrogens is 1. The fraction of sp³-hybridized carbons (Fsp3) is 0.444. The highest BCUT2D eigenvalue weighted by Crippen LogP contribution is 2.23. The van der Waals surface area contributed by atoms with Gasteiger partial charge in [0, 0.05) is 12.7 Å². The third-order valence-corrected chi connectivity index (χ3v) is 2.64. The van der Waals surface area contributed by atoms with Crippen molar-refractivity contribution in [3.05, 3.63) is 21.8 Å². The van der Waals surface area contributed by atoms with Gasteiger partial charge in [-0.15, -0.1) is 0 Å². The van der Waals surface area contributed by atoms with E-state index in [1.54, 1.807) is 6.20 Å². The van der Waals surface area contributed by atoms with Gasteiger partial charge in [-0.3, -0.25) is 0 Å². The Bertz CT molecular complexity index is 306. The normalized spacial score (nSPS) is 12.6. The van der Waals surface area contributed by atoms with Gasteiger partial charge in [-0.2, -0.15) is 0 Å². The lowest BCUT2D eigenvalue weighted by molar-refractivity contribution is 0.627. The molecule has 0 bridgehead atoms. The van der Waals surface area contributed by atoms with Crippen LogP contribution in [0, 0.1) is 5.92 Å². The number of anilines is 1. The van der Waals surface area contributed by atoms with Gasteiger partial charge in [0.15, 0.2) is 0 Å². The van der Waals surface area contributed by atoms with Crippen LogP contribution in [0.4, 0.5) is 5.82 Å². The average molecular weight is 279 g/mol. The number of hydrogen-bond donors (Lipinski definition) is 2. The number of pyridine rings is 1. The van der Waals surface area contributed by atoms with Crippen LogP contribution in [-0.2, 0) is 0 Å². The molecule has 1 atom stereocenters. The quantitative estimate of drug-likeness (QED) is 0.890. The predicted molar refractivity (Wildman–Crippen MR) is 63.7 cm³/mol. The van der Waals surface area contributed by atoms with Crippen molar-refractivity contribution in [2.45, 2.75) is 6.92 Å². The zero-order valence-corrected chi connectivity index (χ0v) is 10.3. The highest BCUT2D eigenvalue weighted by Gasteiger charge is 2.03. The first-order valence-corrected chi connectivity index (χ1v) is 5.55. The first-order valence-electron chi connectivity index (χ1n) is 4.38. The topological polar surface area (TPSA) is 50.9 Å². The van der Waals surface area contributed by atoms with E-state index in [0.717, 1.165) is 16.8 Å². The standard InChI is InChI=1S/C9H13BrClN3/c1-6(3-12)4-13-9-8(10)2-7(11)5-14-9/h2,5-6H,3-4,12H2,1H3,(H,13,14). The molecule has 1 unspecified atom stereocenters. The van der Waals surface area contributed by atoms with Crippen LogP contribution in [0.3, 0.4) is 0 Å². The number of halogens is 2. The fourth-order valence-electron chi connectivity index (χ4n) is 0.899. The van der Waals surface area contributed by atoms with Crippen LogP contribution < -0.4 is 11.1 Å². The van der Waals surface area contributed by atoms with Crippen molar-refractivity contribution < 1.29 is 0 Å². The molecule has 0 aliphatic heterocycles. The Morgan fingerprint density at radius 2 is 2.43 bits per heavy atom. The Morgan fingerprint density at radius 1 is 1.71 bits per heavy atom. The van der Waals surface area contributed by atoms with Crippen molar-refractivity contribution in [2.75, 3.05) is 18.4 Å². The maximum atomic E-state index is 5.77. The molecule has 0 amide bonds. The van der Waals surface area contributed by atoms with Gasteiger partial charge in [0.1, 0.15) is 5.82 Å². The molecule has 5 heteroatoms. The minimum absolute atomic E-state index is 0.430. The summed E-state index contributed by atoms with van der Waals surface area (Å²) in [4.78, 5) is 4.15. The Hall–Kier alpha value is -0.320. The summed E-state index contributed by atoms with van der Waals surface area (Å²) in [5, 5.41) is 3.81. The molecule has 0 fully saturated rings. The third-order valence-electron chi connectivity index (χ3n) is 1.83. The number of hydrogen-bond acceptors (Lipinski definition) is 3. The van der Waals surface area contributed by atoms with Crippen LogP contribution in [0.5, 0.6) is 0 Å². The molecule has 0 radical (unpaired) electrons. The second-order valence-corrected chi connectivity index (χ2v) is 4.50. The zero-order valence-electron chi connectivity index (χ0n) is 7.93. The van der Waals surface area contributed by atoms with Gasteiger partial charge in [0.25, 0.3) is 0 Å². The lowest BCUT2D eigenvalue weighted by Crippen LogP contribution is -2.20. The second kappa shape index (κ2) is 5.53. The van der Waals surface area contributed by atoms with Gasteiger partial charge in [0.05, 0.1) is 9.50 Å². The molecule has 1 rings (SSSR count). The summed E-state index contributed by atoms with van der Waals surface area (Å²) in [5.41, 5.74) is 5.51. The van der Waals surface area contributed by atoms with Gasteiger partial charge < -0.3 is 11.1 Å². The molecule has 3 N–H and O–H groups in total. The van der Waals surface area contributed by atoms with E-state index in [2.05, 4.69) is 33.2 Å². The Balaban J connectivity index is 2.59. The molecule has 0 aliphatic rings. The molecular weight excluding hydrogens is 265 g/mol. The molecule has 0 aromatic carbocycles. The van der Waals surface area contributed by atoms with Gasteiger partial charge in [-0.1, -0.05) is 18.5 Å². The van der Waals surface area contributed by atoms with Crippen molar-refractivity contribution in [3.8, 4) is 0 Å². The zero-order chi connectivity index (χ0) is 10.6. The lowest BCUT2D eigenvalue weighted by Gasteiger charge is -2.11.